The van der Waals surface area contributed by atoms with E-state index in [1.165, 1.54) is 23.7 Å². The van der Waals surface area contributed by atoms with Gasteiger partial charge in [-0.3, -0.25) is 4.79 Å². The van der Waals surface area contributed by atoms with E-state index >= 15 is 0 Å². The van der Waals surface area contributed by atoms with Gasteiger partial charge in [-0.05, 0) is 11.0 Å². The molecule has 78 valence electrons. The van der Waals surface area contributed by atoms with Crippen molar-refractivity contribution in [1.29, 1.82) is 0 Å². The molecule has 1 rings (SSSR count). The molecule has 0 saturated carbocycles. The van der Waals surface area contributed by atoms with Crippen molar-refractivity contribution < 1.29 is 9.72 Å². The van der Waals surface area contributed by atoms with Crippen LogP contribution >= 0.6 is 0 Å². The van der Waals surface area contributed by atoms with Gasteiger partial charge in [0.25, 0.3) is 5.91 Å². The van der Waals surface area contributed by atoms with E-state index in [4.69, 9.17) is 6.42 Å². The maximum atomic E-state index is 11.4. The van der Waals surface area contributed by atoms with Crippen LogP contribution in [0, 0.1) is 22.5 Å². The predicted molar refractivity (Wildman–Crippen MR) is 53.2 cm³/mol. The summed E-state index contributed by atoms with van der Waals surface area (Å²) < 4.78 is 1.20. The lowest BCUT2D eigenvalue weighted by Gasteiger charge is -2.00. The van der Waals surface area contributed by atoms with E-state index in [0.717, 1.165) is 0 Å². The number of hydrogen-bond acceptors (Lipinski definition) is 3. The molecule has 1 aromatic heterocycles. The van der Waals surface area contributed by atoms with Gasteiger partial charge in [-0.25, -0.2) is 4.57 Å². The third-order valence-corrected chi connectivity index (χ3v) is 1.87. The minimum absolute atomic E-state index is 0.0951. The molecule has 1 aromatic rings. The highest BCUT2D eigenvalue weighted by Gasteiger charge is 2.19. The first-order valence-electron chi connectivity index (χ1n) is 4.09. The van der Waals surface area contributed by atoms with Gasteiger partial charge >= 0.3 is 5.82 Å². The van der Waals surface area contributed by atoms with E-state index in [0.29, 0.717) is 0 Å². The van der Waals surface area contributed by atoms with E-state index < -0.39 is 10.8 Å². The summed E-state index contributed by atoms with van der Waals surface area (Å²) >= 11 is 0. The van der Waals surface area contributed by atoms with Crippen molar-refractivity contribution in [2.75, 3.05) is 6.54 Å². The summed E-state index contributed by atoms with van der Waals surface area (Å²) in [6, 6.07) is 2.65. The molecule has 0 aliphatic heterocycles. The molecular formula is C9H9N3O3. The molecule has 6 nitrogen and oxygen atoms in total. The van der Waals surface area contributed by atoms with Gasteiger partial charge in [0.1, 0.15) is 0 Å². The predicted octanol–water partition coefficient (Wildman–Crippen LogP) is 0.296. The Morgan fingerprint density at radius 3 is 2.87 bits per heavy atom. The number of carbonyl (C=O) groups is 1. The van der Waals surface area contributed by atoms with Crippen LogP contribution < -0.4 is 5.32 Å². The Hall–Kier alpha value is -2.29. The highest BCUT2D eigenvalue weighted by atomic mass is 16.6. The van der Waals surface area contributed by atoms with Crippen molar-refractivity contribution in [1.82, 2.24) is 9.88 Å². The van der Waals surface area contributed by atoms with Crippen LogP contribution in [0.15, 0.2) is 12.1 Å². The highest BCUT2D eigenvalue weighted by Crippen LogP contribution is 2.14. The quantitative estimate of drug-likeness (QED) is 0.439. The molecule has 0 atom stereocenters. The van der Waals surface area contributed by atoms with Crippen molar-refractivity contribution >= 4 is 11.7 Å². The Labute approximate surface area is 86.0 Å². The molecule has 0 aromatic carbocycles. The molecule has 0 saturated heterocycles. The third-order valence-electron chi connectivity index (χ3n) is 1.87. The summed E-state index contributed by atoms with van der Waals surface area (Å²) in [5.41, 5.74) is 0.206. The fourth-order valence-corrected chi connectivity index (χ4v) is 1.13. The zero-order chi connectivity index (χ0) is 11.4. The number of aromatic nitrogens is 1. The van der Waals surface area contributed by atoms with Gasteiger partial charge in [-0.2, -0.15) is 0 Å². The van der Waals surface area contributed by atoms with Crippen molar-refractivity contribution in [3.8, 4) is 12.3 Å². The maximum Gasteiger partial charge on any atom is 0.323 e. The average Bonchev–Trinajstić information content (AvgIpc) is 2.56. The van der Waals surface area contributed by atoms with Gasteiger partial charge in [0.15, 0.2) is 5.69 Å². The topological polar surface area (TPSA) is 77.2 Å². The highest BCUT2D eigenvalue weighted by molar-refractivity contribution is 5.93. The minimum atomic E-state index is -0.558. The lowest BCUT2D eigenvalue weighted by Crippen LogP contribution is -2.25. The van der Waals surface area contributed by atoms with Crippen LogP contribution in [-0.4, -0.2) is 21.9 Å². The number of amides is 1. The number of nitro groups is 1. The molecular weight excluding hydrogens is 198 g/mol. The molecule has 1 heterocycles. The van der Waals surface area contributed by atoms with Crippen molar-refractivity contribution in [2.45, 2.75) is 0 Å². The van der Waals surface area contributed by atoms with E-state index in [9.17, 15) is 14.9 Å². The number of carbonyl (C=O) groups excluding carboxylic acids is 1. The summed E-state index contributed by atoms with van der Waals surface area (Å²) in [4.78, 5) is 21.3. The van der Waals surface area contributed by atoms with Crippen LogP contribution in [0.1, 0.15) is 10.5 Å². The molecule has 0 aliphatic rings. The van der Waals surface area contributed by atoms with E-state index in [1.807, 2.05) is 0 Å². The minimum Gasteiger partial charge on any atom is -0.358 e. The number of terminal acetylenes is 1. The molecule has 0 aliphatic carbocycles. The van der Waals surface area contributed by atoms with Gasteiger partial charge < -0.3 is 15.4 Å². The maximum absolute atomic E-state index is 11.4. The molecule has 0 unspecified atom stereocenters. The van der Waals surface area contributed by atoms with Crippen molar-refractivity contribution in [3.63, 3.8) is 0 Å². The monoisotopic (exact) mass is 207 g/mol. The zero-order valence-electron chi connectivity index (χ0n) is 8.06. The Balaban J connectivity index is 2.92. The van der Waals surface area contributed by atoms with Crippen LogP contribution in [0.3, 0.4) is 0 Å². The van der Waals surface area contributed by atoms with Crippen LogP contribution in [-0.2, 0) is 7.05 Å². The number of rotatable bonds is 3. The third kappa shape index (κ3) is 2.14. The van der Waals surface area contributed by atoms with Crippen molar-refractivity contribution in [2.24, 2.45) is 7.05 Å². The summed E-state index contributed by atoms with van der Waals surface area (Å²) in [6.07, 6.45) is 4.97. The summed E-state index contributed by atoms with van der Waals surface area (Å²) in [5.74, 6) is 1.68. The largest absolute Gasteiger partial charge is 0.358 e. The van der Waals surface area contributed by atoms with Gasteiger partial charge in [-0.1, -0.05) is 5.92 Å². The van der Waals surface area contributed by atoms with Crippen LogP contribution in [0.25, 0.3) is 0 Å². The summed E-state index contributed by atoms with van der Waals surface area (Å²) in [6.45, 7) is 0.0951. The van der Waals surface area contributed by atoms with Crippen molar-refractivity contribution in [3.05, 3.63) is 27.9 Å². The summed E-state index contributed by atoms with van der Waals surface area (Å²) in [5, 5.41) is 12.9. The fourth-order valence-electron chi connectivity index (χ4n) is 1.13. The first kappa shape index (κ1) is 10.8. The normalized spacial score (nSPS) is 9.33. The van der Waals surface area contributed by atoms with Gasteiger partial charge in [0, 0.05) is 6.07 Å². The number of nitrogens with one attached hydrogen (secondary N) is 1. The first-order chi connectivity index (χ1) is 7.07. The molecule has 0 spiro atoms. The van der Waals surface area contributed by atoms with E-state index in [-0.39, 0.29) is 18.1 Å². The van der Waals surface area contributed by atoms with Gasteiger partial charge in [0.05, 0.1) is 13.6 Å². The second-order valence-electron chi connectivity index (χ2n) is 2.78. The lowest BCUT2D eigenvalue weighted by molar-refractivity contribution is -0.391. The average molecular weight is 207 g/mol. The molecule has 6 heteroatoms. The Kier molecular flexibility index (Phi) is 3.08. The Morgan fingerprint density at radius 1 is 1.73 bits per heavy atom. The lowest BCUT2D eigenvalue weighted by atomic mass is 10.4. The molecule has 0 bridgehead atoms. The Bertz CT molecular complexity index is 442. The number of hydrogen-bond donors (Lipinski definition) is 1. The standard InChI is InChI=1S/C9H9N3O3/c1-3-6-10-9(13)7-4-5-8(11(7)2)12(14)15/h1,4-5H,6H2,2H3,(H,10,13). The Morgan fingerprint density at radius 2 is 2.40 bits per heavy atom. The zero-order valence-corrected chi connectivity index (χ0v) is 8.06. The SMILES string of the molecule is C#CCNC(=O)c1ccc([N+](=O)[O-])n1C. The van der Waals surface area contributed by atoms with Gasteiger partial charge in [-0.15, -0.1) is 6.42 Å². The van der Waals surface area contributed by atoms with E-state index in [1.54, 1.807) is 0 Å². The molecule has 1 amide bonds. The van der Waals surface area contributed by atoms with Crippen LogP contribution in [0.2, 0.25) is 0 Å². The fraction of sp³-hybridized carbons (Fsp3) is 0.222. The molecule has 0 fully saturated rings. The smallest absolute Gasteiger partial charge is 0.323 e. The molecule has 15 heavy (non-hydrogen) atoms. The van der Waals surface area contributed by atoms with Crippen LogP contribution in [0.5, 0.6) is 0 Å². The second-order valence-corrected chi connectivity index (χ2v) is 2.78. The van der Waals surface area contributed by atoms with Crippen LogP contribution in [0.4, 0.5) is 5.82 Å². The first-order valence-corrected chi connectivity index (χ1v) is 4.09. The second kappa shape index (κ2) is 4.28. The number of nitrogens with zero attached hydrogens (tertiary/aromatic N) is 2. The molecule has 0 radical (unpaired) electrons. The van der Waals surface area contributed by atoms with E-state index in [2.05, 4.69) is 11.2 Å². The van der Waals surface area contributed by atoms with Gasteiger partial charge in [0.2, 0.25) is 0 Å². The molecule has 1 N–H and O–H groups in total. The summed E-state index contributed by atoms with van der Waals surface area (Å²) in [7, 11) is 1.45.